The largest absolute Gasteiger partial charge is 0.494 e. The minimum Gasteiger partial charge on any atom is -0.494 e. The van der Waals surface area contributed by atoms with Crippen molar-refractivity contribution in [3.05, 3.63) is 143 Å². The molecule has 0 bridgehead atoms. The van der Waals surface area contributed by atoms with Crippen LogP contribution in [0.2, 0.25) is 0 Å². The number of hydrogen-bond acceptors (Lipinski definition) is 19. The summed E-state index contributed by atoms with van der Waals surface area (Å²) >= 11 is 0. The van der Waals surface area contributed by atoms with E-state index >= 15 is 0 Å². The maximum atomic E-state index is 13.4. The number of benzene rings is 5. The highest BCUT2D eigenvalue weighted by atomic mass is 16.6. The fourth-order valence-electron chi connectivity index (χ4n) is 15.9. The number of unbranched alkanes of at least 4 members (excludes halogenated alkanes) is 27. The van der Waals surface area contributed by atoms with Crippen molar-refractivity contribution in [3.8, 4) is 34.5 Å². The maximum absolute atomic E-state index is 13.4. The lowest BCUT2D eigenvalue weighted by molar-refractivity contribution is -0.149. The van der Waals surface area contributed by atoms with Crippen LogP contribution in [0.4, 0.5) is 0 Å². The Kier molecular flexibility index (Phi) is 51.9. The summed E-state index contributed by atoms with van der Waals surface area (Å²) in [6, 6.07) is 35.6. The van der Waals surface area contributed by atoms with E-state index in [0.717, 1.165) is 179 Å². The van der Waals surface area contributed by atoms with Gasteiger partial charge in [-0.05, 0) is 248 Å². The third-order valence-corrected chi connectivity index (χ3v) is 23.3. The van der Waals surface area contributed by atoms with Crippen LogP contribution < -0.4 is 28.4 Å². The van der Waals surface area contributed by atoms with Crippen molar-refractivity contribution in [2.45, 2.75) is 333 Å². The summed E-state index contributed by atoms with van der Waals surface area (Å²) in [6.07, 6.45) is 45.6. The molecular weight excluding hydrogens is 1520 g/mol. The average molecular weight is 1660 g/mol. The van der Waals surface area contributed by atoms with Gasteiger partial charge in [0, 0.05) is 19.8 Å². The van der Waals surface area contributed by atoms with Gasteiger partial charge in [0.2, 0.25) is 0 Å². The highest BCUT2D eigenvalue weighted by molar-refractivity contribution is 5.93. The SMILES string of the molecule is CCCCCC1CCC(c2ccc(OC(=O)c3ccc(OCCCCCCCCOC(C=O)CC(=O)OCCCCCCCCOc4ccc(OCCCCCCCCOC(=O)CC(C=O)OCCCCCCCCOc5ccc(C(=O)Oc6ccc(C7CCC(CCCCC)CC7)cc6)cc5)c(C(=O)OCCCCCCO)c4)cc3)cc2)CC1. The summed E-state index contributed by atoms with van der Waals surface area (Å²) in [4.78, 5) is 87.7. The van der Waals surface area contributed by atoms with Crippen molar-refractivity contribution in [1.29, 1.82) is 0 Å². The van der Waals surface area contributed by atoms with Crippen LogP contribution in [0.15, 0.2) is 115 Å². The fraction of sp³-hybridized carbons (Fsp3) is 0.634. The summed E-state index contributed by atoms with van der Waals surface area (Å²) < 4.78 is 63.5. The molecule has 2 aliphatic carbocycles. The van der Waals surface area contributed by atoms with Crippen LogP contribution in [0.5, 0.6) is 34.5 Å². The number of carbonyl (C=O) groups is 7. The highest BCUT2D eigenvalue weighted by Gasteiger charge is 2.26. The summed E-state index contributed by atoms with van der Waals surface area (Å²) in [5.41, 5.74) is 3.94. The van der Waals surface area contributed by atoms with Crippen molar-refractivity contribution in [3.63, 3.8) is 0 Å². The minimum absolute atomic E-state index is 0.100. The first kappa shape index (κ1) is 99.0. The Hall–Kier alpha value is -8.13. The van der Waals surface area contributed by atoms with Crippen molar-refractivity contribution < 1.29 is 90.8 Å². The first-order valence-corrected chi connectivity index (χ1v) is 46.7. The van der Waals surface area contributed by atoms with Crippen molar-refractivity contribution in [1.82, 2.24) is 0 Å². The molecule has 0 saturated heterocycles. The van der Waals surface area contributed by atoms with E-state index in [4.69, 9.17) is 57.2 Å². The molecule has 19 heteroatoms. The number of aliphatic hydroxyl groups excluding tert-OH is 1. The van der Waals surface area contributed by atoms with E-state index in [-0.39, 0.29) is 44.6 Å². The molecule has 0 spiro atoms. The molecule has 0 aliphatic heterocycles. The van der Waals surface area contributed by atoms with Gasteiger partial charge in [-0.1, -0.05) is 199 Å². The van der Waals surface area contributed by atoms with E-state index in [9.17, 15) is 33.6 Å². The van der Waals surface area contributed by atoms with Crippen molar-refractivity contribution in [2.75, 3.05) is 66.1 Å². The molecule has 2 fully saturated rings. The topological polar surface area (TPSA) is 241 Å². The van der Waals surface area contributed by atoms with E-state index in [0.29, 0.717) is 135 Å². The van der Waals surface area contributed by atoms with Crippen LogP contribution in [0.25, 0.3) is 0 Å². The molecule has 664 valence electrons. The second kappa shape index (κ2) is 62.9. The van der Waals surface area contributed by atoms with Crippen LogP contribution in [0, 0.1) is 11.8 Å². The molecule has 2 aliphatic rings. The van der Waals surface area contributed by atoms with Gasteiger partial charge < -0.3 is 66.8 Å². The zero-order chi connectivity index (χ0) is 84.9. The predicted molar refractivity (Wildman–Crippen MR) is 471 cm³/mol. The Labute approximate surface area is 718 Å². The minimum atomic E-state index is -0.826. The van der Waals surface area contributed by atoms with E-state index in [1.165, 1.54) is 114 Å². The van der Waals surface area contributed by atoms with E-state index < -0.39 is 30.1 Å². The normalized spacial score (nSPS) is 15.7. The van der Waals surface area contributed by atoms with Gasteiger partial charge in [-0.3, -0.25) is 9.59 Å². The molecule has 1 N–H and O–H groups in total. The number of aldehydes is 2. The predicted octanol–water partition coefficient (Wildman–Crippen LogP) is 23.9. The molecule has 0 radical (unpaired) electrons. The van der Waals surface area contributed by atoms with Crippen molar-refractivity contribution >= 4 is 42.4 Å². The highest BCUT2D eigenvalue weighted by Crippen LogP contribution is 2.40. The second-order valence-corrected chi connectivity index (χ2v) is 33.1. The summed E-state index contributed by atoms with van der Waals surface area (Å²) in [5, 5.41) is 9.15. The Balaban J connectivity index is 0.625. The Morgan fingerprint density at radius 2 is 0.658 bits per heavy atom. The molecule has 5 aromatic rings. The first-order valence-electron chi connectivity index (χ1n) is 46.7. The summed E-state index contributed by atoms with van der Waals surface area (Å²) in [6.45, 7) is 8.38. The van der Waals surface area contributed by atoms with Crippen LogP contribution in [0.1, 0.15) is 363 Å². The third-order valence-electron chi connectivity index (χ3n) is 23.3. The molecule has 2 atom stereocenters. The number of hydrogen-bond donors (Lipinski definition) is 1. The standard InChI is InChI=1S/C101H146O19/c1-3-5-25-37-80-39-43-82(44-40-80)84-47-59-90(60-48-84)119-99(107)86-51-55-88(56-52-86)110-66-28-16-7-9-19-31-69-113-93(78-103)76-97(105)116-72-34-22-13-11-18-30-68-112-92-63-64-96(95(75-92)101(109)118-74-36-24-15-27-65-102)115-71-33-21-12-14-23-35-73-117-98(106)77-94(79-104)114-70-32-20-10-8-17-29-67-111-89-57-53-87(54-58-89)100(108)120-91-61-49-85(50-62-91)83-45-41-81(42-46-83)38-26-6-4-2/h47-64,75,78-83,93-94,102H,3-46,65-74,76-77H2,1-2H3. The molecule has 120 heavy (non-hydrogen) atoms. The van der Waals surface area contributed by atoms with Gasteiger partial charge >= 0.3 is 29.8 Å². The molecule has 2 unspecified atom stereocenters. The number of esters is 5. The van der Waals surface area contributed by atoms with Crippen LogP contribution in [-0.4, -0.2) is 126 Å². The van der Waals surface area contributed by atoms with E-state index in [2.05, 4.69) is 38.1 Å². The van der Waals surface area contributed by atoms with Crippen LogP contribution >= 0.6 is 0 Å². The van der Waals surface area contributed by atoms with Gasteiger partial charge in [0.1, 0.15) is 64.8 Å². The van der Waals surface area contributed by atoms with E-state index in [1.807, 2.05) is 54.6 Å². The first-order chi connectivity index (χ1) is 58.9. The molecular formula is C101H146O19. The molecule has 19 nitrogen and oxygen atoms in total. The number of aliphatic hydroxyl groups is 1. The average Bonchev–Trinajstić information content (AvgIpc) is 0.865. The van der Waals surface area contributed by atoms with E-state index in [1.54, 1.807) is 36.4 Å². The quantitative estimate of drug-likeness (QED) is 0.0125. The van der Waals surface area contributed by atoms with Gasteiger partial charge in [-0.25, -0.2) is 14.4 Å². The van der Waals surface area contributed by atoms with Gasteiger partial charge in [-0.2, -0.15) is 0 Å². The van der Waals surface area contributed by atoms with Crippen LogP contribution in [-0.2, 0) is 42.9 Å². The molecule has 0 heterocycles. The summed E-state index contributed by atoms with van der Waals surface area (Å²) in [7, 11) is 0. The Morgan fingerprint density at radius 3 is 1.03 bits per heavy atom. The molecule has 5 aromatic carbocycles. The molecule has 0 aromatic heterocycles. The zero-order valence-electron chi connectivity index (χ0n) is 73.0. The maximum Gasteiger partial charge on any atom is 0.343 e. The van der Waals surface area contributed by atoms with Gasteiger partial charge in [0.25, 0.3) is 0 Å². The molecule has 2 saturated carbocycles. The number of rotatable bonds is 69. The molecule has 0 amide bonds. The van der Waals surface area contributed by atoms with Gasteiger partial charge in [-0.15, -0.1) is 0 Å². The third kappa shape index (κ3) is 42.6. The second-order valence-electron chi connectivity index (χ2n) is 33.1. The van der Waals surface area contributed by atoms with Gasteiger partial charge in [0.05, 0.1) is 70.2 Å². The van der Waals surface area contributed by atoms with Gasteiger partial charge in [0.15, 0.2) is 0 Å². The zero-order valence-corrected chi connectivity index (χ0v) is 73.0. The lowest BCUT2D eigenvalue weighted by atomic mass is 9.77. The molecule has 7 rings (SSSR count). The lowest BCUT2D eigenvalue weighted by Gasteiger charge is -2.29. The Bertz CT molecular complexity index is 3540. The smallest absolute Gasteiger partial charge is 0.343 e. The Morgan fingerprint density at radius 1 is 0.333 bits per heavy atom. The lowest BCUT2D eigenvalue weighted by Crippen LogP contribution is -2.21. The number of ether oxygens (including phenoxy) is 11. The monoisotopic (exact) mass is 1660 g/mol. The summed E-state index contributed by atoms with van der Waals surface area (Å²) in [5.74, 6) is 4.33. The van der Waals surface area contributed by atoms with Crippen LogP contribution in [0.3, 0.4) is 0 Å². The number of carbonyl (C=O) groups excluding carboxylic acids is 7. The fourth-order valence-corrected chi connectivity index (χ4v) is 15.9. The van der Waals surface area contributed by atoms with Crippen molar-refractivity contribution in [2.24, 2.45) is 11.8 Å².